The zero-order valence-corrected chi connectivity index (χ0v) is 12.6. The minimum absolute atomic E-state index is 0.0496. The predicted octanol–water partition coefficient (Wildman–Crippen LogP) is 1.47. The van der Waals surface area contributed by atoms with Gasteiger partial charge in [0.1, 0.15) is 0 Å². The number of carbonyl (C=O) groups excluding carboxylic acids is 1. The molecule has 1 heterocycles. The molecule has 1 amide bonds. The van der Waals surface area contributed by atoms with E-state index in [0.29, 0.717) is 12.8 Å². The summed E-state index contributed by atoms with van der Waals surface area (Å²) < 4.78 is 36.4. The third-order valence-corrected chi connectivity index (χ3v) is 4.47. The van der Waals surface area contributed by atoms with Gasteiger partial charge in [-0.1, -0.05) is 17.7 Å². The highest BCUT2D eigenvalue weighted by Gasteiger charge is 2.24. The maximum Gasteiger partial charge on any atom is 0.264 e. The lowest BCUT2D eigenvalue weighted by atomic mass is 10.1. The molecule has 1 aromatic carbocycles. The topological polar surface area (TPSA) is 81.7 Å². The van der Waals surface area contributed by atoms with Crippen molar-refractivity contribution in [3.05, 3.63) is 41.7 Å². The molecule has 21 heavy (non-hydrogen) atoms. The Morgan fingerprint density at radius 1 is 1.33 bits per heavy atom. The van der Waals surface area contributed by atoms with Crippen LogP contribution in [-0.4, -0.2) is 27.7 Å². The maximum absolute atomic E-state index is 12.1. The fourth-order valence-corrected chi connectivity index (χ4v) is 2.85. The van der Waals surface area contributed by atoms with Gasteiger partial charge in [0.15, 0.2) is 6.29 Å². The summed E-state index contributed by atoms with van der Waals surface area (Å²) in [6, 6.07) is 6.26. The maximum atomic E-state index is 12.1. The Morgan fingerprint density at radius 3 is 2.52 bits per heavy atom. The van der Waals surface area contributed by atoms with Gasteiger partial charge in [-0.2, -0.15) is 0 Å². The molecular weight excluding hydrogens is 294 g/mol. The van der Waals surface area contributed by atoms with Crippen LogP contribution in [0.3, 0.4) is 0 Å². The van der Waals surface area contributed by atoms with Gasteiger partial charge in [0.2, 0.25) is 0 Å². The molecule has 7 heteroatoms. The molecule has 1 unspecified atom stereocenters. The van der Waals surface area contributed by atoms with Crippen LogP contribution in [0.4, 0.5) is 0 Å². The molecular formula is C14H17NO5S. The summed E-state index contributed by atoms with van der Waals surface area (Å²) in [4.78, 5) is 12.0. The number of benzene rings is 1. The fraction of sp³-hybridized carbons (Fsp3) is 0.357. The second-order valence-electron chi connectivity index (χ2n) is 4.73. The molecule has 0 spiro atoms. The Labute approximate surface area is 123 Å². The minimum atomic E-state index is -3.87. The first kappa shape index (κ1) is 15.5. The van der Waals surface area contributed by atoms with Gasteiger partial charge in [-0.25, -0.2) is 13.1 Å². The van der Waals surface area contributed by atoms with Crippen molar-refractivity contribution >= 4 is 15.9 Å². The van der Waals surface area contributed by atoms with Gasteiger partial charge in [0.05, 0.1) is 16.7 Å². The van der Waals surface area contributed by atoms with Crippen LogP contribution in [0.25, 0.3) is 0 Å². The van der Waals surface area contributed by atoms with Gasteiger partial charge in [-0.05, 0) is 25.5 Å². The van der Waals surface area contributed by atoms with Crippen molar-refractivity contribution in [2.75, 3.05) is 7.11 Å². The van der Waals surface area contributed by atoms with Crippen molar-refractivity contribution in [2.45, 2.75) is 31.0 Å². The summed E-state index contributed by atoms with van der Waals surface area (Å²) in [6.07, 6.45) is 1.75. The number of carbonyl (C=O) groups is 1. The van der Waals surface area contributed by atoms with Crippen molar-refractivity contribution in [1.29, 1.82) is 0 Å². The van der Waals surface area contributed by atoms with Crippen molar-refractivity contribution < 1.29 is 22.7 Å². The van der Waals surface area contributed by atoms with Crippen molar-refractivity contribution in [2.24, 2.45) is 0 Å². The van der Waals surface area contributed by atoms with Crippen LogP contribution in [0.15, 0.2) is 41.0 Å². The smallest absolute Gasteiger partial charge is 0.264 e. The van der Waals surface area contributed by atoms with Gasteiger partial charge >= 0.3 is 0 Å². The zero-order valence-electron chi connectivity index (χ0n) is 11.8. The van der Waals surface area contributed by atoms with Crippen LogP contribution in [0.2, 0.25) is 0 Å². The number of sulfonamides is 1. The standard InChI is InChI=1S/C14H17NO5S/c1-10-3-6-12(7-4-10)21(17,18)15-14(16)11-5-8-13(19-2)20-9-11/h3-4,6-7,9,13H,5,8H2,1-2H3,(H,15,16). The fourth-order valence-electron chi connectivity index (χ4n) is 1.86. The molecule has 1 atom stereocenters. The Bertz CT molecular complexity index is 648. The largest absolute Gasteiger partial charge is 0.472 e. The third kappa shape index (κ3) is 3.83. The first-order valence-corrected chi connectivity index (χ1v) is 7.92. The van der Waals surface area contributed by atoms with E-state index in [1.54, 1.807) is 12.1 Å². The number of ether oxygens (including phenoxy) is 2. The van der Waals surface area contributed by atoms with Gasteiger partial charge < -0.3 is 9.47 Å². The Balaban J connectivity index is 2.08. The zero-order chi connectivity index (χ0) is 15.5. The SMILES string of the molecule is COC1CCC(C(=O)NS(=O)(=O)c2ccc(C)cc2)=CO1. The second kappa shape index (κ2) is 6.28. The van der Waals surface area contributed by atoms with E-state index in [9.17, 15) is 13.2 Å². The summed E-state index contributed by atoms with van der Waals surface area (Å²) in [5.41, 5.74) is 1.22. The van der Waals surface area contributed by atoms with E-state index in [1.165, 1.54) is 25.5 Å². The normalized spacial score (nSPS) is 18.6. The molecule has 1 aromatic rings. The molecule has 0 aliphatic carbocycles. The molecule has 0 radical (unpaired) electrons. The van der Waals surface area contributed by atoms with E-state index in [1.807, 2.05) is 11.6 Å². The number of aryl methyl sites for hydroxylation is 1. The lowest BCUT2D eigenvalue weighted by molar-refractivity contribution is -0.119. The molecule has 6 nitrogen and oxygen atoms in total. The average Bonchev–Trinajstić information content (AvgIpc) is 2.47. The Morgan fingerprint density at radius 2 is 2.00 bits per heavy atom. The van der Waals surface area contributed by atoms with Crippen LogP contribution in [0.5, 0.6) is 0 Å². The average molecular weight is 311 g/mol. The second-order valence-corrected chi connectivity index (χ2v) is 6.41. The molecule has 0 aromatic heterocycles. The van der Waals surface area contributed by atoms with E-state index >= 15 is 0 Å². The molecule has 1 N–H and O–H groups in total. The number of hydrogen-bond acceptors (Lipinski definition) is 5. The summed E-state index contributed by atoms with van der Waals surface area (Å²) in [6.45, 7) is 1.85. The molecule has 0 fully saturated rings. The van der Waals surface area contributed by atoms with E-state index in [-0.39, 0.29) is 10.5 Å². The van der Waals surface area contributed by atoms with Gasteiger partial charge in [-0.15, -0.1) is 0 Å². The van der Waals surface area contributed by atoms with Gasteiger partial charge in [-0.3, -0.25) is 4.79 Å². The highest BCUT2D eigenvalue weighted by Crippen LogP contribution is 2.19. The van der Waals surface area contributed by atoms with E-state index in [2.05, 4.69) is 0 Å². The predicted molar refractivity (Wildman–Crippen MR) is 75.7 cm³/mol. The summed E-state index contributed by atoms with van der Waals surface area (Å²) in [5.74, 6) is -0.676. The monoisotopic (exact) mass is 311 g/mol. The minimum Gasteiger partial charge on any atom is -0.472 e. The van der Waals surface area contributed by atoms with Crippen molar-refractivity contribution in [3.8, 4) is 0 Å². The quantitative estimate of drug-likeness (QED) is 0.910. The Hall–Kier alpha value is -1.86. The van der Waals surface area contributed by atoms with Crippen molar-refractivity contribution in [1.82, 2.24) is 4.72 Å². The molecule has 1 aliphatic heterocycles. The third-order valence-electron chi connectivity index (χ3n) is 3.12. The highest BCUT2D eigenvalue weighted by atomic mass is 32.2. The first-order valence-electron chi connectivity index (χ1n) is 6.43. The molecule has 0 saturated carbocycles. The van der Waals surface area contributed by atoms with Crippen LogP contribution in [0.1, 0.15) is 18.4 Å². The summed E-state index contributed by atoms with van der Waals surface area (Å²) in [7, 11) is -2.37. The molecule has 1 aliphatic rings. The van der Waals surface area contributed by atoms with Gasteiger partial charge in [0, 0.05) is 13.5 Å². The van der Waals surface area contributed by atoms with Crippen LogP contribution >= 0.6 is 0 Å². The number of amides is 1. The molecule has 2 rings (SSSR count). The molecule has 114 valence electrons. The number of methoxy groups -OCH3 is 1. The highest BCUT2D eigenvalue weighted by molar-refractivity contribution is 7.90. The lowest BCUT2D eigenvalue weighted by Gasteiger charge is -2.21. The molecule has 0 saturated heterocycles. The number of rotatable bonds is 4. The van der Waals surface area contributed by atoms with Crippen LogP contribution in [-0.2, 0) is 24.3 Å². The van der Waals surface area contributed by atoms with Gasteiger partial charge in [0.25, 0.3) is 15.9 Å². The van der Waals surface area contributed by atoms with Crippen LogP contribution in [0, 0.1) is 6.92 Å². The first-order chi connectivity index (χ1) is 9.92. The number of nitrogens with one attached hydrogen (secondary N) is 1. The Kier molecular flexibility index (Phi) is 4.64. The van der Waals surface area contributed by atoms with E-state index in [0.717, 1.165) is 5.56 Å². The van der Waals surface area contributed by atoms with Crippen LogP contribution < -0.4 is 4.72 Å². The number of hydrogen-bond donors (Lipinski definition) is 1. The lowest BCUT2D eigenvalue weighted by Crippen LogP contribution is -2.33. The summed E-state index contributed by atoms with van der Waals surface area (Å²) in [5, 5.41) is 0. The van der Waals surface area contributed by atoms with Crippen molar-refractivity contribution in [3.63, 3.8) is 0 Å². The summed E-state index contributed by atoms with van der Waals surface area (Å²) >= 11 is 0. The van der Waals surface area contributed by atoms with E-state index < -0.39 is 22.2 Å². The van der Waals surface area contributed by atoms with E-state index in [4.69, 9.17) is 9.47 Å². The molecule has 0 bridgehead atoms.